The van der Waals surface area contributed by atoms with Gasteiger partial charge in [0.15, 0.2) is 0 Å². The van der Waals surface area contributed by atoms with Gasteiger partial charge in [0.2, 0.25) is 0 Å². The van der Waals surface area contributed by atoms with Crippen LogP contribution >= 0.6 is 0 Å². The average Bonchev–Trinajstić information content (AvgIpc) is 3.06. The normalized spacial score (nSPS) is 11.1. The average molecular weight is 315 g/mol. The molecule has 0 amide bonds. The molecule has 1 N–H and O–H groups in total. The molecule has 0 saturated heterocycles. The number of aromatic amines is 1. The van der Waals surface area contributed by atoms with Gasteiger partial charge in [0.25, 0.3) is 0 Å². The van der Waals surface area contributed by atoms with Gasteiger partial charge in [0.1, 0.15) is 5.82 Å². The first-order valence-electron chi connectivity index (χ1n) is 7.98. The van der Waals surface area contributed by atoms with E-state index in [1.807, 2.05) is 43.3 Å². The van der Waals surface area contributed by atoms with Gasteiger partial charge in [-0.3, -0.25) is 15.0 Å². The molecule has 5 nitrogen and oxygen atoms in total. The van der Waals surface area contributed by atoms with Crippen molar-refractivity contribution in [3.8, 4) is 22.6 Å². The Labute approximate surface area is 139 Å². The molecule has 24 heavy (non-hydrogen) atoms. The number of nitrogens with one attached hydrogen (secondary N) is 1. The maximum Gasteiger partial charge on any atom is 0.107 e. The van der Waals surface area contributed by atoms with Crippen LogP contribution in [0.5, 0.6) is 0 Å². The predicted molar refractivity (Wildman–Crippen MR) is 94.5 cm³/mol. The monoisotopic (exact) mass is 315 g/mol. The molecular weight excluding hydrogens is 298 g/mol. The molecule has 0 radical (unpaired) electrons. The van der Waals surface area contributed by atoms with Crippen molar-refractivity contribution >= 4 is 11.0 Å². The van der Waals surface area contributed by atoms with Gasteiger partial charge in [-0.2, -0.15) is 0 Å². The standard InChI is InChI=1S/C19H17N5/c1-3-17-23-18(19(24-17)15-6-4-5-12(2)22-15)13-7-8-14-16(11-13)21-10-9-20-14/h4-11H,3H2,1-2H3,(H,23,24). The summed E-state index contributed by atoms with van der Waals surface area (Å²) in [6.07, 6.45) is 4.25. The quantitative estimate of drug-likeness (QED) is 0.621. The second kappa shape index (κ2) is 5.85. The molecule has 0 aliphatic carbocycles. The minimum absolute atomic E-state index is 0.839. The van der Waals surface area contributed by atoms with Gasteiger partial charge in [-0.05, 0) is 31.2 Å². The molecule has 0 saturated carbocycles. The Balaban J connectivity index is 1.91. The first-order valence-corrected chi connectivity index (χ1v) is 7.98. The molecule has 3 heterocycles. The highest BCUT2D eigenvalue weighted by atomic mass is 15.0. The van der Waals surface area contributed by atoms with Crippen LogP contribution in [-0.4, -0.2) is 24.9 Å². The van der Waals surface area contributed by atoms with Crippen LogP contribution in [0.4, 0.5) is 0 Å². The molecule has 0 atom stereocenters. The molecule has 0 spiro atoms. The van der Waals surface area contributed by atoms with E-state index < -0.39 is 0 Å². The van der Waals surface area contributed by atoms with Crippen LogP contribution in [-0.2, 0) is 6.42 Å². The number of nitrogens with zero attached hydrogens (tertiary/aromatic N) is 4. The number of hydrogen-bond acceptors (Lipinski definition) is 4. The number of benzene rings is 1. The summed E-state index contributed by atoms with van der Waals surface area (Å²) in [5.74, 6) is 0.947. The van der Waals surface area contributed by atoms with Crippen LogP contribution in [0.3, 0.4) is 0 Å². The summed E-state index contributed by atoms with van der Waals surface area (Å²) in [6, 6.07) is 12.0. The van der Waals surface area contributed by atoms with Crippen molar-refractivity contribution in [3.63, 3.8) is 0 Å². The van der Waals surface area contributed by atoms with Crippen molar-refractivity contribution in [2.24, 2.45) is 0 Å². The Kier molecular flexibility index (Phi) is 3.54. The Hall–Kier alpha value is -3.08. The third-order valence-electron chi connectivity index (χ3n) is 3.97. The Morgan fingerprint density at radius 1 is 0.958 bits per heavy atom. The number of hydrogen-bond donors (Lipinski definition) is 1. The number of imidazole rings is 1. The van der Waals surface area contributed by atoms with E-state index in [1.165, 1.54) is 0 Å². The Bertz CT molecular complexity index is 1020. The molecule has 118 valence electrons. The fourth-order valence-electron chi connectivity index (χ4n) is 2.78. The highest BCUT2D eigenvalue weighted by molar-refractivity contribution is 5.84. The van der Waals surface area contributed by atoms with E-state index >= 15 is 0 Å². The van der Waals surface area contributed by atoms with Crippen molar-refractivity contribution in [2.45, 2.75) is 20.3 Å². The summed E-state index contributed by atoms with van der Waals surface area (Å²) in [5.41, 5.74) is 6.47. The molecule has 4 aromatic rings. The zero-order valence-electron chi connectivity index (χ0n) is 13.6. The number of pyridine rings is 1. The first-order chi connectivity index (χ1) is 11.7. The maximum absolute atomic E-state index is 4.77. The molecule has 0 bridgehead atoms. The number of aryl methyl sites for hydroxylation is 2. The molecule has 1 aromatic carbocycles. The summed E-state index contributed by atoms with van der Waals surface area (Å²) >= 11 is 0. The van der Waals surface area contributed by atoms with Gasteiger partial charge in [-0.25, -0.2) is 4.98 Å². The van der Waals surface area contributed by atoms with Crippen LogP contribution in [0.1, 0.15) is 18.4 Å². The zero-order chi connectivity index (χ0) is 16.5. The van der Waals surface area contributed by atoms with Crippen molar-refractivity contribution in [2.75, 3.05) is 0 Å². The Morgan fingerprint density at radius 3 is 2.58 bits per heavy atom. The Morgan fingerprint density at radius 2 is 1.79 bits per heavy atom. The smallest absolute Gasteiger partial charge is 0.107 e. The van der Waals surface area contributed by atoms with Crippen molar-refractivity contribution in [1.29, 1.82) is 0 Å². The van der Waals surface area contributed by atoms with E-state index in [0.717, 1.165) is 51.6 Å². The van der Waals surface area contributed by atoms with Crippen LogP contribution in [0.25, 0.3) is 33.7 Å². The first kappa shape index (κ1) is 14.5. The van der Waals surface area contributed by atoms with Gasteiger partial charge < -0.3 is 4.98 Å². The predicted octanol–water partition coefficient (Wildman–Crippen LogP) is 3.95. The highest BCUT2D eigenvalue weighted by Crippen LogP contribution is 2.30. The van der Waals surface area contributed by atoms with Gasteiger partial charge >= 0.3 is 0 Å². The maximum atomic E-state index is 4.77. The summed E-state index contributed by atoms with van der Waals surface area (Å²) in [7, 11) is 0. The van der Waals surface area contributed by atoms with E-state index in [1.54, 1.807) is 12.4 Å². The van der Waals surface area contributed by atoms with Crippen LogP contribution in [0.2, 0.25) is 0 Å². The summed E-state index contributed by atoms with van der Waals surface area (Å²) in [4.78, 5) is 21.5. The lowest BCUT2D eigenvalue weighted by molar-refractivity contribution is 0.990. The molecule has 0 aliphatic rings. The molecule has 4 rings (SSSR count). The molecular formula is C19H17N5. The van der Waals surface area contributed by atoms with Gasteiger partial charge in [-0.1, -0.05) is 19.1 Å². The van der Waals surface area contributed by atoms with E-state index in [9.17, 15) is 0 Å². The topological polar surface area (TPSA) is 67.3 Å². The number of aromatic nitrogens is 5. The van der Waals surface area contributed by atoms with Crippen LogP contribution in [0.15, 0.2) is 48.8 Å². The van der Waals surface area contributed by atoms with E-state index in [4.69, 9.17) is 4.98 Å². The molecule has 0 unspecified atom stereocenters. The minimum Gasteiger partial charge on any atom is -0.340 e. The highest BCUT2D eigenvalue weighted by Gasteiger charge is 2.15. The van der Waals surface area contributed by atoms with E-state index in [0.29, 0.717) is 0 Å². The second-order valence-electron chi connectivity index (χ2n) is 5.68. The number of rotatable bonds is 3. The number of H-pyrrole nitrogens is 1. The number of fused-ring (bicyclic) bond motifs is 1. The fraction of sp³-hybridized carbons (Fsp3) is 0.158. The third-order valence-corrected chi connectivity index (χ3v) is 3.97. The lowest BCUT2D eigenvalue weighted by Gasteiger charge is -2.04. The van der Waals surface area contributed by atoms with Gasteiger partial charge in [0, 0.05) is 30.1 Å². The third kappa shape index (κ3) is 2.54. The van der Waals surface area contributed by atoms with Crippen molar-refractivity contribution in [1.82, 2.24) is 24.9 Å². The lowest BCUT2D eigenvalue weighted by atomic mass is 10.1. The van der Waals surface area contributed by atoms with E-state index in [-0.39, 0.29) is 0 Å². The van der Waals surface area contributed by atoms with Crippen LogP contribution in [0, 0.1) is 6.92 Å². The van der Waals surface area contributed by atoms with Crippen molar-refractivity contribution in [3.05, 3.63) is 60.3 Å². The molecule has 0 aliphatic heterocycles. The van der Waals surface area contributed by atoms with E-state index in [2.05, 4.69) is 26.9 Å². The zero-order valence-corrected chi connectivity index (χ0v) is 13.6. The molecule has 3 aromatic heterocycles. The lowest BCUT2D eigenvalue weighted by Crippen LogP contribution is -1.90. The van der Waals surface area contributed by atoms with Gasteiger partial charge in [0.05, 0.1) is 28.1 Å². The van der Waals surface area contributed by atoms with Crippen LogP contribution < -0.4 is 0 Å². The summed E-state index contributed by atoms with van der Waals surface area (Å²) in [5, 5.41) is 0. The second-order valence-corrected chi connectivity index (χ2v) is 5.68. The summed E-state index contributed by atoms with van der Waals surface area (Å²) < 4.78 is 0. The molecule has 5 heteroatoms. The summed E-state index contributed by atoms with van der Waals surface area (Å²) in [6.45, 7) is 4.08. The fourth-order valence-corrected chi connectivity index (χ4v) is 2.78. The van der Waals surface area contributed by atoms with Gasteiger partial charge in [-0.15, -0.1) is 0 Å². The van der Waals surface area contributed by atoms with Crippen molar-refractivity contribution < 1.29 is 0 Å². The molecule has 0 fully saturated rings. The SMILES string of the molecule is CCc1nc(-c2ccc3nccnc3c2)c(-c2cccc(C)n2)[nH]1. The minimum atomic E-state index is 0.839. The largest absolute Gasteiger partial charge is 0.340 e.